The molecule has 0 spiro atoms. The number of pyridine rings is 1. The molecule has 1 aromatic heterocycles. The summed E-state index contributed by atoms with van der Waals surface area (Å²) in [5, 5.41) is 0. The zero-order valence-electron chi connectivity index (χ0n) is 14.9. The Morgan fingerprint density at radius 2 is 1.64 bits per heavy atom. The molecule has 3 aromatic rings. The summed E-state index contributed by atoms with van der Waals surface area (Å²) >= 11 is 0. The lowest BCUT2D eigenvalue weighted by atomic mass is 9.98. The fourth-order valence-corrected chi connectivity index (χ4v) is 3.08. The minimum atomic E-state index is -0.0143. The third-order valence-corrected chi connectivity index (χ3v) is 4.50. The van der Waals surface area contributed by atoms with Gasteiger partial charge in [0.25, 0.3) is 5.91 Å². The summed E-state index contributed by atoms with van der Waals surface area (Å²) in [5.74, 6) is -0.0143. The van der Waals surface area contributed by atoms with E-state index < -0.39 is 0 Å². The van der Waals surface area contributed by atoms with Crippen molar-refractivity contribution in [1.29, 1.82) is 0 Å². The number of hydrogen-bond acceptors (Lipinski definition) is 2. The van der Waals surface area contributed by atoms with E-state index in [-0.39, 0.29) is 5.91 Å². The van der Waals surface area contributed by atoms with Gasteiger partial charge in [-0.15, -0.1) is 0 Å². The van der Waals surface area contributed by atoms with Crippen LogP contribution < -0.4 is 4.90 Å². The molecule has 0 fully saturated rings. The highest BCUT2D eigenvalue weighted by atomic mass is 16.2. The highest BCUT2D eigenvalue weighted by Crippen LogP contribution is 2.27. The fourth-order valence-electron chi connectivity index (χ4n) is 3.08. The minimum absolute atomic E-state index is 0.0143. The topological polar surface area (TPSA) is 33.2 Å². The molecule has 0 aliphatic rings. The van der Waals surface area contributed by atoms with Gasteiger partial charge in [-0.05, 0) is 43.5 Å². The molecule has 0 aliphatic carbocycles. The van der Waals surface area contributed by atoms with Gasteiger partial charge in [0, 0.05) is 30.2 Å². The van der Waals surface area contributed by atoms with Gasteiger partial charge in [0.05, 0.1) is 5.56 Å². The van der Waals surface area contributed by atoms with Crippen LogP contribution in [0.5, 0.6) is 0 Å². The molecule has 1 amide bonds. The predicted octanol–water partition coefficient (Wildman–Crippen LogP) is 5.03. The Morgan fingerprint density at radius 3 is 2.32 bits per heavy atom. The van der Waals surface area contributed by atoms with Crippen LogP contribution in [0.4, 0.5) is 5.69 Å². The number of anilines is 1. The Kier molecular flexibility index (Phi) is 4.94. The van der Waals surface area contributed by atoms with Crippen molar-refractivity contribution in [2.75, 3.05) is 11.4 Å². The van der Waals surface area contributed by atoms with E-state index in [0.29, 0.717) is 12.1 Å². The van der Waals surface area contributed by atoms with Gasteiger partial charge in [-0.1, -0.05) is 48.5 Å². The van der Waals surface area contributed by atoms with Gasteiger partial charge >= 0.3 is 0 Å². The van der Waals surface area contributed by atoms with Crippen molar-refractivity contribution in [3.63, 3.8) is 0 Å². The first-order valence-electron chi connectivity index (χ1n) is 8.51. The predicted molar refractivity (Wildman–Crippen MR) is 103 cm³/mol. The Hall–Kier alpha value is -2.94. The van der Waals surface area contributed by atoms with Crippen molar-refractivity contribution in [2.45, 2.75) is 20.8 Å². The summed E-state index contributed by atoms with van der Waals surface area (Å²) in [4.78, 5) is 19.4. The quantitative estimate of drug-likeness (QED) is 0.672. The van der Waals surface area contributed by atoms with E-state index in [1.54, 1.807) is 6.20 Å². The molecule has 0 aliphatic heterocycles. The van der Waals surface area contributed by atoms with Gasteiger partial charge in [0.1, 0.15) is 0 Å². The minimum Gasteiger partial charge on any atom is -0.308 e. The second kappa shape index (κ2) is 7.31. The maximum absolute atomic E-state index is 13.2. The van der Waals surface area contributed by atoms with E-state index in [9.17, 15) is 4.79 Å². The third kappa shape index (κ3) is 3.31. The highest BCUT2D eigenvalue weighted by Gasteiger charge is 2.21. The number of aromatic nitrogens is 1. The van der Waals surface area contributed by atoms with Crippen LogP contribution in [0, 0.1) is 13.8 Å². The molecule has 3 heteroatoms. The standard InChI is InChI=1S/C22H22N2O/c1-4-24(21-13-9-8-10-16(21)2)22(25)20-15-23-14-19(17(20)3)18-11-6-5-7-12-18/h5-15H,4H2,1-3H3. The summed E-state index contributed by atoms with van der Waals surface area (Å²) in [6, 6.07) is 18.0. The van der Waals surface area contributed by atoms with Crippen LogP contribution in [0.3, 0.4) is 0 Å². The third-order valence-electron chi connectivity index (χ3n) is 4.50. The number of hydrogen-bond donors (Lipinski definition) is 0. The van der Waals surface area contributed by atoms with E-state index in [0.717, 1.165) is 27.9 Å². The molecule has 0 bridgehead atoms. The van der Waals surface area contributed by atoms with Crippen LogP contribution >= 0.6 is 0 Å². The summed E-state index contributed by atoms with van der Waals surface area (Å²) in [6.45, 7) is 6.62. The number of benzene rings is 2. The van der Waals surface area contributed by atoms with E-state index in [2.05, 4.69) is 4.98 Å². The van der Waals surface area contributed by atoms with E-state index in [1.807, 2.05) is 86.5 Å². The molecule has 2 aromatic carbocycles. The van der Waals surface area contributed by atoms with Crippen molar-refractivity contribution in [3.05, 3.63) is 83.7 Å². The van der Waals surface area contributed by atoms with Crippen LogP contribution in [0.2, 0.25) is 0 Å². The average Bonchev–Trinajstić information content (AvgIpc) is 2.64. The monoisotopic (exact) mass is 330 g/mol. The van der Waals surface area contributed by atoms with Gasteiger partial charge in [-0.2, -0.15) is 0 Å². The Balaban J connectivity index is 2.04. The van der Waals surface area contributed by atoms with Crippen molar-refractivity contribution in [3.8, 4) is 11.1 Å². The molecule has 3 rings (SSSR count). The zero-order chi connectivity index (χ0) is 17.8. The Bertz CT molecular complexity index is 888. The van der Waals surface area contributed by atoms with Crippen LogP contribution in [0.15, 0.2) is 67.0 Å². The van der Waals surface area contributed by atoms with Gasteiger partial charge in [-0.25, -0.2) is 0 Å². The number of carbonyl (C=O) groups is 1. The maximum atomic E-state index is 13.2. The van der Waals surface area contributed by atoms with Gasteiger partial charge < -0.3 is 4.90 Å². The molecule has 0 N–H and O–H groups in total. The Morgan fingerprint density at radius 1 is 0.960 bits per heavy atom. The van der Waals surface area contributed by atoms with Gasteiger partial charge in [0.15, 0.2) is 0 Å². The number of nitrogens with zero attached hydrogens (tertiary/aromatic N) is 2. The van der Waals surface area contributed by atoms with Gasteiger partial charge in [-0.3, -0.25) is 9.78 Å². The smallest absolute Gasteiger partial charge is 0.260 e. The number of rotatable bonds is 4. The summed E-state index contributed by atoms with van der Waals surface area (Å²) < 4.78 is 0. The first-order chi connectivity index (χ1) is 12.1. The van der Waals surface area contributed by atoms with E-state index in [4.69, 9.17) is 0 Å². The second-order valence-electron chi connectivity index (χ2n) is 6.06. The Labute approximate surface area is 149 Å². The number of aryl methyl sites for hydroxylation is 1. The largest absolute Gasteiger partial charge is 0.308 e. The van der Waals surface area contributed by atoms with Crippen molar-refractivity contribution in [2.24, 2.45) is 0 Å². The molecule has 0 saturated heterocycles. The molecule has 3 nitrogen and oxygen atoms in total. The molecule has 0 radical (unpaired) electrons. The van der Waals surface area contributed by atoms with Crippen molar-refractivity contribution >= 4 is 11.6 Å². The van der Waals surface area contributed by atoms with Crippen LogP contribution in [-0.2, 0) is 0 Å². The summed E-state index contributed by atoms with van der Waals surface area (Å²) in [6.07, 6.45) is 3.50. The molecular weight excluding hydrogens is 308 g/mol. The van der Waals surface area contributed by atoms with Gasteiger partial charge in [0.2, 0.25) is 0 Å². The molecular formula is C22H22N2O. The number of carbonyl (C=O) groups excluding carboxylic acids is 1. The van der Waals surface area contributed by atoms with Crippen LogP contribution in [-0.4, -0.2) is 17.4 Å². The highest BCUT2D eigenvalue weighted by molar-refractivity contribution is 6.08. The molecule has 126 valence electrons. The van der Waals surface area contributed by atoms with E-state index in [1.165, 1.54) is 0 Å². The molecule has 0 unspecified atom stereocenters. The lowest BCUT2D eigenvalue weighted by Gasteiger charge is -2.24. The summed E-state index contributed by atoms with van der Waals surface area (Å²) in [5.41, 5.74) is 5.69. The fraction of sp³-hybridized carbons (Fsp3) is 0.182. The lowest BCUT2D eigenvalue weighted by molar-refractivity contribution is 0.0987. The molecule has 0 saturated carbocycles. The van der Waals surface area contributed by atoms with E-state index >= 15 is 0 Å². The SMILES string of the molecule is CCN(C(=O)c1cncc(-c2ccccc2)c1C)c1ccccc1C. The number of para-hydroxylation sites is 1. The zero-order valence-corrected chi connectivity index (χ0v) is 14.9. The maximum Gasteiger partial charge on any atom is 0.260 e. The summed E-state index contributed by atoms with van der Waals surface area (Å²) in [7, 11) is 0. The number of amides is 1. The van der Waals surface area contributed by atoms with Crippen LogP contribution in [0.25, 0.3) is 11.1 Å². The molecule has 1 heterocycles. The lowest BCUT2D eigenvalue weighted by Crippen LogP contribution is -2.32. The van der Waals surface area contributed by atoms with Crippen molar-refractivity contribution in [1.82, 2.24) is 4.98 Å². The van der Waals surface area contributed by atoms with Crippen molar-refractivity contribution < 1.29 is 4.79 Å². The first-order valence-corrected chi connectivity index (χ1v) is 8.51. The average molecular weight is 330 g/mol. The normalized spacial score (nSPS) is 10.5. The molecule has 0 atom stereocenters. The first kappa shape index (κ1) is 16.9. The van der Waals surface area contributed by atoms with Crippen LogP contribution in [0.1, 0.15) is 28.4 Å². The second-order valence-corrected chi connectivity index (χ2v) is 6.06. The molecule has 25 heavy (non-hydrogen) atoms.